The Kier molecular flexibility index (Phi) is 33.7. The van der Waals surface area contributed by atoms with Crippen LogP contribution in [0.2, 0.25) is 0 Å². The zero-order valence-electron chi connectivity index (χ0n) is 27.4. The molecule has 1 unspecified atom stereocenters. The second-order valence-corrected chi connectivity index (χ2v) is 11.9. The molecule has 0 aliphatic heterocycles. The van der Waals surface area contributed by atoms with Crippen molar-refractivity contribution in [2.24, 2.45) is 0 Å². The monoisotopic (exact) mass is 570 g/mol. The number of hydrogen-bond acceptors (Lipinski definition) is 4. The molecule has 1 atom stereocenters. The molecule has 0 aromatic heterocycles. The highest BCUT2D eigenvalue weighted by Gasteiger charge is 2.13. The highest BCUT2D eigenvalue weighted by atomic mass is 16.6. The molecule has 5 nitrogen and oxygen atoms in total. The number of rotatable bonds is 33. The number of alkyl carbamates (subject to hydrolysis) is 1. The van der Waals surface area contributed by atoms with E-state index in [0.29, 0.717) is 19.8 Å². The van der Waals surface area contributed by atoms with Crippen molar-refractivity contribution in [2.45, 2.75) is 187 Å². The molecule has 0 aliphatic rings. The van der Waals surface area contributed by atoms with Crippen LogP contribution in [0.25, 0.3) is 0 Å². The van der Waals surface area contributed by atoms with Gasteiger partial charge in [0.2, 0.25) is 0 Å². The van der Waals surface area contributed by atoms with E-state index in [-0.39, 0.29) is 18.8 Å². The molecule has 0 radical (unpaired) electrons. The maximum absolute atomic E-state index is 11.9. The Morgan fingerprint density at radius 1 is 0.500 bits per heavy atom. The molecule has 0 spiro atoms. The molecule has 0 aliphatic carbocycles. The molecule has 1 amide bonds. The van der Waals surface area contributed by atoms with E-state index in [9.17, 15) is 4.79 Å². The molecule has 40 heavy (non-hydrogen) atoms. The van der Waals surface area contributed by atoms with Crippen LogP contribution in [0.1, 0.15) is 181 Å². The van der Waals surface area contributed by atoms with Gasteiger partial charge in [-0.25, -0.2) is 4.79 Å². The van der Waals surface area contributed by atoms with Crippen LogP contribution >= 0.6 is 0 Å². The van der Waals surface area contributed by atoms with Gasteiger partial charge in [-0.3, -0.25) is 0 Å². The van der Waals surface area contributed by atoms with Gasteiger partial charge in [-0.05, 0) is 19.3 Å². The Morgan fingerprint density at radius 2 is 0.900 bits per heavy atom. The highest BCUT2D eigenvalue weighted by molar-refractivity contribution is 5.67. The molecule has 0 fully saturated rings. The van der Waals surface area contributed by atoms with E-state index in [4.69, 9.17) is 14.2 Å². The number of carbonyl (C=O) groups is 1. The van der Waals surface area contributed by atoms with Crippen molar-refractivity contribution in [3.8, 4) is 0 Å². The smallest absolute Gasteiger partial charge is 0.407 e. The van der Waals surface area contributed by atoms with E-state index in [0.717, 1.165) is 25.9 Å². The zero-order chi connectivity index (χ0) is 29.2. The van der Waals surface area contributed by atoms with Crippen LogP contribution in [0.5, 0.6) is 0 Å². The molecule has 240 valence electrons. The molecular formula is C35H71NO4. The van der Waals surface area contributed by atoms with Gasteiger partial charge in [0.1, 0.15) is 12.7 Å². The van der Waals surface area contributed by atoms with Gasteiger partial charge in [0.25, 0.3) is 0 Å². The number of hydrogen-bond donors (Lipinski definition) is 1. The fraction of sp³-hybridized carbons (Fsp3) is 0.971. The summed E-state index contributed by atoms with van der Waals surface area (Å²) in [6, 6.07) is 0. The maximum Gasteiger partial charge on any atom is 0.407 e. The van der Waals surface area contributed by atoms with Gasteiger partial charge in [0.05, 0.1) is 6.61 Å². The van der Waals surface area contributed by atoms with Crippen molar-refractivity contribution in [2.75, 3.05) is 33.0 Å². The first-order valence-electron chi connectivity index (χ1n) is 17.8. The minimum atomic E-state index is -0.359. The van der Waals surface area contributed by atoms with Crippen molar-refractivity contribution in [3.05, 3.63) is 0 Å². The van der Waals surface area contributed by atoms with E-state index in [1.807, 2.05) is 6.92 Å². The lowest BCUT2D eigenvalue weighted by atomic mass is 10.1. The first kappa shape index (κ1) is 39.2. The lowest BCUT2D eigenvalue weighted by Crippen LogP contribution is -2.32. The Bertz CT molecular complexity index is 488. The number of carbonyl (C=O) groups excluding carboxylic acids is 1. The molecule has 0 bridgehead atoms. The third-order valence-corrected chi connectivity index (χ3v) is 7.72. The van der Waals surface area contributed by atoms with Gasteiger partial charge in [0.15, 0.2) is 0 Å². The van der Waals surface area contributed by atoms with Gasteiger partial charge in [-0.15, -0.1) is 0 Å². The molecule has 0 saturated heterocycles. The van der Waals surface area contributed by atoms with E-state index in [2.05, 4.69) is 19.2 Å². The van der Waals surface area contributed by atoms with Crippen molar-refractivity contribution < 1.29 is 19.0 Å². The average molecular weight is 570 g/mol. The summed E-state index contributed by atoms with van der Waals surface area (Å²) >= 11 is 0. The molecule has 0 aromatic carbocycles. The molecule has 0 rings (SSSR count). The first-order chi connectivity index (χ1) is 19.7. The Balaban J connectivity index is 3.82. The lowest BCUT2D eigenvalue weighted by molar-refractivity contribution is -0.0468. The second-order valence-electron chi connectivity index (χ2n) is 11.9. The summed E-state index contributed by atoms with van der Waals surface area (Å²) in [7, 11) is 0. The summed E-state index contributed by atoms with van der Waals surface area (Å²) in [5.74, 6) is 0. The Labute approximate surface area is 250 Å². The molecule has 0 aromatic rings. The molecule has 0 heterocycles. The predicted octanol–water partition coefficient (Wildman–Crippen LogP) is 10.9. The minimum absolute atomic E-state index is 0.183. The number of amides is 1. The molecule has 0 saturated carbocycles. The van der Waals surface area contributed by atoms with Crippen LogP contribution in [-0.2, 0) is 14.2 Å². The van der Waals surface area contributed by atoms with E-state index < -0.39 is 0 Å². The van der Waals surface area contributed by atoms with Crippen molar-refractivity contribution in [1.29, 1.82) is 0 Å². The van der Waals surface area contributed by atoms with E-state index >= 15 is 0 Å². The zero-order valence-corrected chi connectivity index (χ0v) is 27.4. The van der Waals surface area contributed by atoms with Crippen LogP contribution < -0.4 is 5.32 Å². The standard InChI is InChI=1S/C35H71NO4/c1-4-7-9-11-13-15-17-19-21-23-25-27-30-38-32-34(33-40-35(37)36-29-6-3)39-31-28-26-24-22-20-18-16-14-12-10-8-5-2/h34H,4-33H2,1-3H3,(H,36,37). The van der Waals surface area contributed by atoms with Crippen molar-refractivity contribution in [3.63, 3.8) is 0 Å². The number of ether oxygens (including phenoxy) is 3. The Morgan fingerprint density at radius 3 is 1.32 bits per heavy atom. The molecule has 5 heteroatoms. The second kappa shape index (κ2) is 34.4. The predicted molar refractivity (Wildman–Crippen MR) is 172 cm³/mol. The summed E-state index contributed by atoms with van der Waals surface area (Å²) in [4.78, 5) is 11.9. The fourth-order valence-corrected chi connectivity index (χ4v) is 5.04. The highest BCUT2D eigenvalue weighted by Crippen LogP contribution is 2.13. The summed E-state index contributed by atoms with van der Waals surface area (Å²) < 4.78 is 17.4. The van der Waals surface area contributed by atoms with Crippen LogP contribution in [0.3, 0.4) is 0 Å². The maximum atomic E-state index is 11.9. The van der Waals surface area contributed by atoms with Crippen LogP contribution in [-0.4, -0.2) is 45.2 Å². The van der Waals surface area contributed by atoms with Crippen LogP contribution in [0.4, 0.5) is 4.79 Å². The normalized spacial score (nSPS) is 12.1. The third kappa shape index (κ3) is 31.7. The summed E-state index contributed by atoms with van der Waals surface area (Å²) in [5.41, 5.74) is 0. The SMILES string of the molecule is CCCCCCCCCCCCCCOCC(COC(=O)NCCC)OCCCCCCCCCCCCCC. The number of unbranched alkanes of at least 4 members (excludes halogenated alkanes) is 22. The quantitative estimate of drug-likeness (QED) is 0.0799. The fourth-order valence-electron chi connectivity index (χ4n) is 5.04. The van der Waals surface area contributed by atoms with Gasteiger partial charge < -0.3 is 19.5 Å². The van der Waals surface area contributed by atoms with Gasteiger partial charge in [0, 0.05) is 19.8 Å². The van der Waals surface area contributed by atoms with Crippen LogP contribution in [0.15, 0.2) is 0 Å². The van der Waals surface area contributed by atoms with Gasteiger partial charge >= 0.3 is 6.09 Å². The van der Waals surface area contributed by atoms with E-state index in [1.165, 1.54) is 141 Å². The van der Waals surface area contributed by atoms with Crippen molar-refractivity contribution >= 4 is 6.09 Å². The largest absolute Gasteiger partial charge is 0.447 e. The summed E-state index contributed by atoms with van der Waals surface area (Å²) in [6.45, 7) is 9.46. The van der Waals surface area contributed by atoms with Crippen molar-refractivity contribution in [1.82, 2.24) is 5.32 Å². The third-order valence-electron chi connectivity index (χ3n) is 7.72. The Hall–Kier alpha value is -0.810. The van der Waals surface area contributed by atoms with Gasteiger partial charge in [-0.2, -0.15) is 0 Å². The number of nitrogens with one attached hydrogen (secondary N) is 1. The molecular weight excluding hydrogens is 498 g/mol. The first-order valence-corrected chi connectivity index (χ1v) is 17.8. The van der Waals surface area contributed by atoms with Crippen LogP contribution in [0, 0.1) is 0 Å². The topological polar surface area (TPSA) is 56.8 Å². The average Bonchev–Trinajstić information content (AvgIpc) is 2.96. The summed E-state index contributed by atoms with van der Waals surface area (Å²) in [5, 5.41) is 2.77. The summed E-state index contributed by atoms with van der Waals surface area (Å²) in [6.07, 6.45) is 32.5. The van der Waals surface area contributed by atoms with Gasteiger partial charge in [-0.1, -0.05) is 162 Å². The van der Waals surface area contributed by atoms with E-state index in [1.54, 1.807) is 0 Å². The minimum Gasteiger partial charge on any atom is -0.447 e. The lowest BCUT2D eigenvalue weighted by Gasteiger charge is -2.18. The molecule has 1 N–H and O–H groups in total.